The van der Waals surface area contributed by atoms with Gasteiger partial charge in [-0.25, -0.2) is 18.1 Å². The van der Waals surface area contributed by atoms with Gasteiger partial charge in [0.2, 0.25) is 0 Å². The van der Waals surface area contributed by atoms with Gasteiger partial charge in [-0.05, 0) is 43.7 Å². The van der Waals surface area contributed by atoms with Crippen LogP contribution in [0.1, 0.15) is 27.0 Å². The number of aromatic nitrogens is 2. The van der Waals surface area contributed by atoms with Gasteiger partial charge in [-0.15, -0.1) is 0 Å². The molecule has 0 radical (unpaired) electrons. The van der Waals surface area contributed by atoms with Crippen LogP contribution in [-0.2, 0) is 23.4 Å². The summed E-state index contributed by atoms with van der Waals surface area (Å²) in [6.07, 6.45) is -9.53. The topological polar surface area (TPSA) is 178 Å². The first-order valence-corrected chi connectivity index (χ1v) is 14.3. The van der Waals surface area contributed by atoms with E-state index in [9.17, 15) is 37.9 Å². The molecule has 228 valence electrons. The largest absolute Gasteiger partial charge is 0.462 e. The summed E-state index contributed by atoms with van der Waals surface area (Å²) >= 11 is 0. The number of fused-ring (bicyclic) bond motifs is 1. The van der Waals surface area contributed by atoms with Crippen LogP contribution in [0.3, 0.4) is 0 Å². The van der Waals surface area contributed by atoms with E-state index in [0.29, 0.717) is 9.95 Å². The van der Waals surface area contributed by atoms with Crippen LogP contribution in [0.25, 0.3) is 10.8 Å². The van der Waals surface area contributed by atoms with E-state index >= 15 is 0 Å². The van der Waals surface area contributed by atoms with Crippen LogP contribution in [-0.4, -0.2) is 68.7 Å². The van der Waals surface area contributed by atoms with Gasteiger partial charge in [-0.2, -0.15) is 5.09 Å². The fourth-order valence-electron chi connectivity index (χ4n) is 4.28. The van der Waals surface area contributed by atoms with Gasteiger partial charge in [0.05, 0.1) is 12.7 Å². The molecule has 6 atom stereocenters. The number of rotatable bonds is 11. The van der Waals surface area contributed by atoms with E-state index in [1.54, 1.807) is 38.1 Å². The average Bonchev–Trinajstić information content (AvgIpc) is 3.17. The molecule has 4 rings (SSSR count). The molecular weight excluding hydrogens is 583 g/mol. The van der Waals surface area contributed by atoms with Crippen LogP contribution >= 0.6 is 7.75 Å². The van der Waals surface area contributed by atoms with Gasteiger partial charge in [0.1, 0.15) is 24.0 Å². The molecule has 13 nitrogen and oxygen atoms in total. The normalized spacial score (nSPS) is 24.5. The number of nitrogens with one attached hydrogen (secondary N) is 2. The fraction of sp³-hybridized carbons (Fsp3) is 0.423. The highest BCUT2D eigenvalue weighted by Gasteiger charge is 2.61. The van der Waals surface area contributed by atoms with Crippen LogP contribution in [0.15, 0.2) is 64.3 Å². The summed E-state index contributed by atoms with van der Waals surface area (Å²) in [7, 11) is -4.73. The van der Waals surface area contributed by atoms with Crippen molar-refractivity contribution in [3.05, 3.63) is 75.6 Å². The van der Waals surface area contributed by atoms with Crippen molar-refractivity contribution >= 4 is 24.5 Å². The second-order valence-electron chi connectivity index (χ2n) is 9.92. The molecule has 2 aromatic carbocycles. The molecule has 16 heteroatoms. The third-order valence-corrected chi connectivity index (χ3v) is 8.04. The lowest BCUT2D eigenvalue weighted by atomic mass is 9.96. The number of alkyl halides is 2. The molecule has 1 aliphatic heterocycles. The number of carbonyl (C=O) groups is 1. The van der Waals surface area contributed by atoms with Gasteiger partial charge in [-0.3, -0.25) is 23.7 Å². The first-order chi connectivity index (χ1) is 19.7. The summed E-state index contributed by atoms with van der Waals surface area (Å²) < 4.78 is 65.0. The van der Waals surface area contributed by atoms with Gasteiger partial charge in [-0.1, -0.05) is 30.3 Å². The van der Waals surface area contributed by atoms with Crippen molar-refractivity contribution in [3.8, 4) is 5.75 Å². The van der Waals surface area contributed by atoms with E-state index in [1.165, 1.54) is 19.1 Å². The Morgan fingerprint density at radius 1 is 1.14 bits per heavy atom. The standard InChI is InChI=1S/C26H30F2N3O10P/c1-14(2)39-23(35)15(3)30-42(37,41-18-9-8-16-6-4-5-7-17(16)12-18)38-13-26(24(27)28)21(34)20(33)22(40-26)31-11-10-19(32)29-25(31)36/h4-12,14-15,20-22,24,33-34H,13H2,1-3H3,(H,30,37)(H,29,32,36)/t15-,20-,21-,22+,26+,42?/m0/s1. The first kappa shape index (κ1) is 31.5. The van der Waals surface area contributed by atoms with E-state index in [-0.39, 0.29) is 5.75 Å². The number of nitrogens with zero attached hydrogens (tertiary/aromatic N) is 1. The number of aromatic amines is 1. The van der Waals surface area contributed by atoms with Crippen molar-refractivity contribution in [2.75, 3.05) is 6.61 Å². The molecule has 0 bridgehead atoms. The lowest BCUT2D eigenvalue weighted by Gasteiger charge is -2.32. The van der Waals surface area contributed by atoms with Gasteiger partial charge in [0.25, 0.3) is 12.0 Å². The summed E-state index contributed by atoms with van der Waals surface area (Å²) in [5.41, 5.74) is -4.92. The van der Waals surface area contributed by atoms with E-state index in [4.69, 9.17) is 18.5 Å². The molecule has 1 fully saturated rings. The Kier molecular flexibility index (Phi) is 9.30. The molecular formula is C26H30F2N3O10P. The highest BCUT2D eigenvalue weighted by molar-refractivity contribution is 7.52. The Labute approximate surface area is 237 Å². The molecule has 0 spiro atoms. The number of hydrogen-bond acceptors (Lipinski definition) is 10. The Morgan fingerprint density at radius 3 is 2.48 bits per heavy atom. The summed E-state index contributed by atoms with van der Waals surface area (Å²) in [5, 5.41) is 25.1. The second kappa shape index (κ2) is 12.4. The number of halogens is 2. The van der Waals surface area contributed by atoms with Crippen LogP contribution in [0, 0.1) is 0 Å². The van der Waals surface area contributed by atoms with E-state index in [0.717, 1.165) is 17.6 Å². The first-order valence-electron chi connectivity index (χ1n) is 12.8. The molecule has 1 aromatic heterocycles. The zero-order valence-electron chi connectivity index (χ0n) is 22.7. The number of carbonyl (C=O) groups excluding carboxylic acids is 1. The number of benzene rings is 2. The molecule has 2 heterocycles. The third-order valence-electron chi connectivity index (χ3n) is 6.41. The van der Waals surface area contributed by atoms with E-state index in [1.807, 2.05) is 11.1 Å². The maximum Gasteiger partial charge on any atom is 0.459 e. The zero-order valence-corrected chi connectivity index (χ0v) is 23.6. The quantitative estimate of drug-likeness (QED) is 0.184. The maximum absolute atomic E-state index is 14.5. The summed E-state index contributed by atoms with van der Waals surface area (Å²) in [6.45, 7) is 3.14. The predicted molar refractivity (Wildman–Crippen MR) is 144 cm³/mol. The Balaban J connectivity index is 1.65. The minimum Gasteiger partial charge on any atom is -0.462 e. The Bertz CT molecular complexity index is 1600. The van der Waals surface area contributed by atoms with Crippen LogP contribution in [0.4, 0.5) is 8.78 Å². The maximum atomic E-state index is 14.5. The minimum absolute atomic E-state index is 0.00866. The molecule has 1 aliphatic rings. The number of hydrogen-bond donors (Lipinski definition) is 4. The average molecular weight is 614 g/mol. The molecule has 0 aliphatic carbocycles. The lowest BCUT2D eigenvalue weighted by molar-refractivity contribution is -0.192. The van der Waals surface area contributed by atoms with Crippen molar-refractivity contribution in [2.45, 2.75) is 63.4 Å². The van der Waals surface area contributed by atoms with Crippen molar-refractivity contribution in [1.82, 2.24) is 14.6 Å². The van der Waals surface area contributed by atoms with Gasteiger partial charge in [0, 0.05) is 12.3 Å². The molecule has 1 saturated heterocycles. The van der Waals surface area contributed by atoms with Crippen molar-refractivity contribution in [1.29, 1.82) is 0 Å². The Morgan fingerprint density at radius 2 is 1.83 bits per heavy atom. The SMILES string of the molecule is CC(C)OC(=O)[C@H](C)NP(=O)(OC[C@@]1(C(F)F)O[C@@H](n2ccc(=O)[nH]c2=O)[C@@H](O)[C@@H]1O)Oc1ccc2ccccc2c1. The molecule has 42 heavy (non-hydrogen) atoms. The molecule has 1 unspecified atom stereocenters. The van der Waals surface area contributed by atoms with Crippen LogP contribution in [0.5, 0.6) is 5.75 Å². The molecule has 0 saturated carbocycles. The van der Waals surface area contributed by atoms with E-state index < -0.39 is 74.2 Å². The third kappa shape index (κ3) is 6.61. The fourth-order valence-corrected chi connectivity index (χ4v) is 5.81. The number of ether oxygens (including phenoxy) is 2. The zero-order chi connectivity index (χ0) is 30.8. The predicted octanol–water partition coefficient (Wildman–Crippen LogP) is 2.08. The van der Waals surface area contributed by atoms with Crippen molar-refractivity contribution in [3.63, 3.8) is 0 Å². The Hall–Kier alpha value is -3.46. The number of esters is 1. The number of aliphatic hydroxyl groups excluding tert-OH is 2. The van der Waals surface area contributed by atoms with Crippen molar-refractivity contribution in [2.24, 2.45) is 0 Å². The minimum atomic E-state index is -4.73. The number of H-pyrrole nitrogens is 1. The van der Waals surface area contributed by atoms with Gasteiger partial charge >= 0.3 is 19.4 Å². The second-order valence-corrected chi connectivity index (χ2v) is 11.6. The van der Waals surface area contributed by atoms with Gasteiger partial charge in [0.15, 0.2) is 11.8 Å². The summed E-state index contributed by atoms with van der Waals surface area (Å²) in [5.74, 6) is -0.852. The van der Waals surface area contributed by atoms with Crippen LogP contribution in [0.2, 0.25) is 0 Å². The van der Waals surface area contributed by atoms with E-state index in [2.05, 4.69) is 5.09 Å². The van der Waals surface area contributed by atoms with Crippen LogP contribution < -0.4 is 20.9 Å². The summed E-state index contributed by atoms with van der Waals surface area (Å²) in [6, 6.07) is 11.3. The summed E-state index contributed by atoms with van der Waals surface area (Å²) in [4.78, 5) is 38.0. The molecule has 3 aromatic rings. The monoisotopic (exact) mass is 613 g/mol. The number of aliphatic hydroxyl groups is 2. The van der Waals surface area contributed by atoms with Gasteiger partial charge < -0.3 is 24.2 Å². The molecule has 4 N–H and O–H groups in total. The lowest BCUT2D eigenvalue weighted by Crippen LogP contribution is -2.53. The smallest absolute Gasteiger partial charge is 0.459 e. The van der Waals surface area contributed by atoms with Crippen molar-refractivity contribution < 1.29 is 46.9 Å². The molecule has 0 amide bonds. The highest BCUT2D eigenvalue weighted by Crippen LogP contribution is 2.49. The highest BCUT2D eigenvalue weighted by atomic mass is 31.2.